The first-order valence-corrected chi connectivity index (χ1v) is 26.7. The fourth-order valence-electron chi connectivity index (χ4n) is 7.91. The molecule has 2 unspecified atom stereocenters. The van der Waals surface area contributed by atoms with Crippen molar-refractivity contribution in [3.8, 4) is 0 Å². The van der Waals surface area contributed by atoms with Crippen LogP contribution in [0.4, 0.5) is 0 Å². The molecule has 372 valence electrons. The van der Waals surface area contributed by atoms with E-state index in [2.05, 4.69) is 62.5 Å². The SMILES string of the molecule is CC/C=C/C/C=C/C/C=C/C/C=C/CCCCCCCCCC(=O)OC(COCCC(C(=O)O)[N+](C)(C)C)COC(=O)CCCCCCCCCCCCCCCCCCCCCC. The van der Waals surface area contributed by atoms with Gasteiger partial charge in [-0.1, -0.05) is 217 Å². The van der Waals surface area contributed by atoms with Crippen molar-refractivity contribution in [2.75, 3.05) is 41.0 Å². The molecule has 8 heteroatoms. The number of carbonyl (C=O) groups is 3. The highest BCUT2D eigenvalue weighted by Crippen LogP contribution is 2.16. The highest BCUT2D eigenvalue weighted by atomic mass is 16.6. The number of rotatable bonds is 48. The van der Waals surface area contributed by atoms with Gasteiger partial charge in [0, 0.05) is 19.3 Å². The van der Waals surface area contributed by atoms with Crippen LogP contribution in [0.25, 0.3) is 0 Å². The Balaban J connectivity index is 4.22. The van der Waals surface area contributed by atoms with E-state index in [-0.39, 0.29) is 36.2 Å². The van der Waals surface area contributed by atoms with Gasteiger partial charge in [0.05, 0.1) is 34.4 Å². The number of likely N-dealkylation sites (N-methyl/N-ethyl adjacent to an activating group) is 1. The van der Waals surface area contributed by atoms with E-state index in [1.54, 1.807) is 0 Å². The molecule has 2 atom stereocenters. The Bertz CT molecular complexity index is 1190. The summed E-state index contributed by atoms with van der Waals surface area (Å²) < 4.78 is 17.4. The van der Waals surface area contributed by atoms with Crippen LogP contribution in [-0.2, 0) is 28.6 Å². The molecule has 0 fully saturated rings. The number of allylic oxidation sites excluding steroid dienone is 8. The molecular formula is C56H102NO7+. The Morgan fingerprint density at radius 1 is 0.484 bits per heavy atom. The van der Waals surface area contributed by atoms with Gasteiger partial charge < -0.3 is 23.8 Å². The molecule has 0 aromatic carbocycles. The maximum Gasteiger partial charge on any atom is 0.362 e. The molecule has 0 aromatic heterocycles. The van der Waals surface area contributed by atoms with Gasteiger partial charge in [-0.15, -0.1) is 0 Å². The molecule has 0 spiro atoms. The van der Waals surface area contributed by atoms with Crippen molar-refractivity contribution >= 4 is 17.9 Å². The summed E-state index contributed by atoms with van der Waals surface area (Å²) in [5.74, 6) is -1.47. The third-order valence-electron chi connectivity index (χ3n) is 12.0. The van der Waals surface area contributed by atoms with E-state index in [0.29, 0.717) is 19.3 Å². The Labute approximate surface area is 395 Å². The van der Waals surface area contributed by atoms with Crippen molar-refractivity contribution in [1.29, 1.82) is 0 Å². The Hall–Kier alpha value is -2.71. The van der Waals surface area contributed by atoms with E-state index < -0.39 is 18.1 Å². The smallest absolute Gasteiger partial charge is 0.362 e. The van der Waals surface area contributed by atoms with Crippen molar-refractivity contribution in [3.63, 3.8) is 0 Å². The quantitative estimate of drug-likeness (QED) is 0.0281. The van der Waals surface area contributed by atoms with Crippen LogP contribution >= 0.6 is 0 Å². The van der Waals surface area contributed by atoms with E-state index in [1.165, 1.54) is 135 Å². The van der Waals surface area contributed by atoms with Crippen LogP contribution in [0.3, 0.4) is 0 Å². The second-order valence-corrected chi connectivity index (χ2v) is 19.1. The number of carbonyl (C=O) groups excluding carboxylic acids is 2. The maximum atomic E-state index is 12.8. The predicted octanol–water partition coefficient (Wildman–Crippen LogP) is 15.5. The zero-order chi connectivity index (χ0) is 47.0. The molecular weight excluding hydrogens is 799 g/mol. The summed E-state index contributed by atoms with van der Waals surface area (Å²) in [6, 6.07) is -0.617. The highest BCUT2D eigenvalue weighted by Gasteiger charge is 2.31. The number of ether oxygens (including phenoxy) is 3. The molecule has 0 rings (SSSR count). The van der Waals surface area contributed by atoms with Crippen molar-refractivity contribution in [3.05, 3.63) is 48.6 Å². The molecule has 0 saturated carbocycles. The van der Waals surface area contributed by atoms with E-state index in [1.807, 2.05) is 21.1 Å². The second-order valence-electron chi connectivity index (χ2n) is 19.1. The van der Waals surface area contributed by atoms with Crippen molar-refractivity contribution in [2.24, 2.45) is 0 Å². The molecule has 1 N–H and O–H groups in total. The zero-order valence-corrected chi connectivity index (χ0v) is 42.5. The summed E-state index contributed by atoms with van der Waals surface area (Å²) >= 11 is 0. The monoisotopic (exact) mass is 901 g/mol. The summed E-state index contributed by atoms with van der Waals surface area (Å²) in [7, 11) is 5.54. The van der Waals surface area contributed by atoms with Crippen molar-refractivity contribution in [2.45, 2.75) is 251 Å². The summed E-state index contributed by atoms with van der Waals surface area (Å²) in [4.78, 5) is 37.2. The first-order valence-electron chi connectivity index (χ1n) is 26.7. The number of nitrogens with zero attached hydrogens (tertiary/aromatic N) is 1. The standard InChI is InChI=1S/C56H101NO7/c1-6-8-10-12-14-16-18-20-22-24-26-28-30-32-34-36-38-40-42-44-46-54(58)63-51-52(50-62-49-48-53(56(60)61)57(3,4)5)64-55(59)47-45-43-41-39-37-35-33-31-29-27-25-23-21-19-17-15-13-11-9-7-2/h9,11,15,17,21,23,27,29,52-53H,6-8,10,12-14,16,18-20,22,24-26,28,30-51H2,1-5H3/p+1/b11-9+,17-15+,23-21+,29-27+. The summed E-state index contributed by atoms with van der Waals surface area (Å²) in [5.41, 5.74) is 0. The average molecular weight is 901 g/mol. The molecule has 0 aromatic rings. The number of unbranched alkanes of at least 4 members (excludes halogenated alkanes) is 26. The van der Waals surface area contributed by atoms with Crippen LogP contribution in [0, 0.1) is 0 Å². The lowest BCUT2D eigenvalue weighted by atomic mass is 10.0. The lowest BCUT2D eigenvalue weighted by molar-refractivity contribution is -0.887. The molecule has 0 aliphatic rings. The van der Waals surface area contributed by atoms with Gasteiger partial charge in [-0.3, -0.25) is 9.59 Å². The molecule has 0 aliphatic carbocycles. The second kappa shape index (κ2) is 46.8. The van der Waals surface area contributed by atoms with Gasteiger partial charge in [-0.2, -0.15) is 0 Å². The third kappa shape index (κ3) is 44.5. The van der Waals surface area contributed by atoms with Crippen LogP contribution < -0.4 is 0 Å². The van der Waals surface area contributed by atoms with Crippen molar-refractivity contribution in [1.82, 2.24) is 0 Å². The van der Waals surface area contributed by atoms with Gasteiger partial charge in [-0.25, -0.2) is 4.79 Å². The van der Waals surface area contributed by atoms with Gasteiger partial charge in [0.15, 0.2) is 12.1 Å². The van der Waals surface area contributed by atoms with Gasteiger partial charge in [0.2, 0.25) is 0 Å². The number of carboxylic acids is 1. The summed E-state index contributed by atoms with van der Waals surface area (Å²) in [5, 5.41) is 9.66. The normalized spacial score (nSPS) is 13.2. The van der Waals surface area contributed by atoms with E-state index in [4.69, 9.17) is 14.2 Å². The van der Waals surface area contributed by atoms with E-state index in [0.717, 1.165) is 70.6 Å². The van der Waals surface area contributed by atoms with Crippen molar-refractivity contribution < 1.29 is 38.2 Å². The molecule has 0 saturated heterocycles. The highest BCUT2D eigenvalue weighted by molar-refractivity contribution is 5.72. The lowest BCUT2D eigenvalue weighted by Crippen LogP contribution is -2.50. The molecule has 64 heavy (non-hydrogen) atoms. The Kier molecular flexibility index (Phi) is 44.8. The van der Waals surface area contributed by atoms with Crippen LogP contribution in [-0.4, -0.2) is 80.6 Å². The first-order chi connectivity index (χ1) is 31.1. The van der Waals surface area contributed by atoms with Crippen LogP contribution in [0.5, 0.6) is 0 Å². The third-order valence-corrected chi connectivity index (χ3v) is 12.0. The number of hydrogen-bond donors (Lipinski definition) is 1. The number of carboxylic acid groups (broad SMARTS) is 1. The number of quaternary nitrogens is 1. The molecule has 0 amide bonds. The molecule has 0 bridgehead atoms. The van der Waals surface area contributed by atoms with Gasteiger partial charge >= 0.3 is 17.9 Å². The average Bonchev–Trinajstić information content (AvgIpc) is 3.26. The number of aliphatic carboxylic acids is 1. The molecule has 0 heterocycles. The van der Waals surface area contributed by atoms with Crippen LogP contribution in [0.15, 0.2) is 48.6 Å². The minimum Gasteiger partial charge on any atom is -0.477 e. The van der Waals surface area contributed by atoms with Crippen LogP contribution in [0.2, 0.25) is 0 Å². The fraction of sp³-hybridized carbons (Fsp3) is 0.804. The topological polar surface area (TPSA) is 99.1 Å². The van der Waals surface area contributed by atoms with Gasteiger partial charge in [0.25, 0.3) is 0 Å². The Morgan fingerprint density at radius 3 is 1.30 bits per heavy atom. The predicted molar refractivity (Wildman–Crippen MR) is 271 cm³/mol. The minimum absolute atomic E-state index is 0.0532. The van der Waals surface area contributed by atoms with Crippen LogP contribution in [0.1, 0.15) is 239 Å². The molecule has 0 radical (unpaired) electrons. The van der Waals surface area contributed by atoms with E-state index in [9.17, 15) is 19.5 Å². The lowest BCUT2D eigenvalue weighted by Gasteiger charge is -2.31. The number of esters is 2. The minimum atomic E-state index is -0.875. The largest absolute Gasteiger partial charge is 0.477 e. The van der Waals surface area contributed by atoms with Gasteiger partial charge in [0.1, 0.15) is 6.61 Å². The summed E-state index contributed by atoms with van der Waals surface area (Å²) in [6.45, 7) is 4.65. The fourth-order valence-corrected chi connectivity index (χ4v) is 7.91. The van der Waals surface area contributed by atoms with Gasteiger partial charge in [-0.05, 0) is 51.4 Å². The molecule has 0 aliphatic heterocycles. The van der Waals surface area contributed by atoms with E-state index >= 15 is 0 Å². The first kappa shape index (κ1) is 61.3. The molecule has 8 nitrogen and oxygen atoms in total. The zero-order valence-electron chi connectivity index (χ0n) is 42.5. The maximum absolute atomic E-state index is 12.8. The summed E-state index contributed by atoms with van der Waals surface area (Å²) in [6.07, 6.45) is 57.3. The number of hydrogen-bond acceptors (Lipinski definition) is 6. The Morgan fingerprint density at radius 2 is 0.875 bits per heavy atom.